The van der Waals surface area contributed by atoms with Crippen molar-refractivity contribution in [2.24, 2.45) is 5.92 Å². The van der Waals surface area contributed by atoms with Gasteiger partial charge in [-0.05, 0) is 43.4 Å². The van der Waals surface area contributed by atoms with E-state index in [9.17, 15) is 4.79 Å². The molecule has 4 heteroatoms. The van der Waals surface area contributed by atoms with Crippen molar-refractivity contribution >= 4 is 17.5 Å². The summed E-state index contributed by atoms with van der Waals surface area (Å²) in [6.45, 7) is 5.49. The number of carbonyl (C=O) groups is 1. The molecule has 0 radical (unpaired) electrons. The molecule has 0 bridgehead atoms. The van der Waals surface area contributed by atoms with Crippen molar-refractivity contribution in [3.05, 3.63) is 34.9 Å². The van der Waals surface area contributed by atoms with Crippen LogP contribution in [0.2, 0.25) is 5.02 Å². The number of rotatable bonds is 8. The number of halogens is 1. The van der Waals surface area contributed by atoms with Crippen molar-refractivity contribution in [1.29, 1.82) is 0 Å². The maximum Gasteiger partial charge on any atom is 0.222 e. The maximum absolute atomic E-state index is 12.2. The molecule has 0 spiro atoms. The van der Waals surface area contributed by atoms with Crippen LogP contribution in [0.3, 0.4) is 0 Å². The monoisotopic (exact) mass is 323 g/mol. The lowest BCUT2D eigenvalue weighted by Crippen LogP contribution is -2.29. The minimum absolute atomic E-state index is 0.284. The van der Waals surface area contributed by atoms with E-state index in [4.69, 9.17) is 16.3 Å². The van der Waals surface area contributed by atoms with Gasteiger partial charge in [0.1, 0.15) is 0 Å². The predicted octanol–water partition coefficient (Wildman–Crippen LogP) is 3.94. The van der Waals surface area contributed by atoms with Gasteiger partial charge in [0.2, 0.25) is 5.91 Å². The summed E-state index contributed by atoms with van der Waals surface area (Å²) >= 11 is 5.87. The zero-order valence-corrected chi connectivity index (χ0v) is 14.1. The summed E-state index contributed by atoms with van der Waals surface area (Å²) < 4.78 is 5.59. The van der Waals surface area contributed by atoms with Crippen LogP contribution in [0.4, 0.5) is 0 Å². The van der Waals surface area contributed by atoms with Gasteiger partial charge in [0.05, 0.1) is 6.61 Å². The molecule has 122 valence electrons. The molecule has 1 fully saturated rings. The highest BCUT2D eigenvalue weighted by Crippen LogP contribution is 2.18. The maximum atomic E-state index is 12.2. The Bertz CT molecular complexity index is 461. The average Bonchev–Trinajstić information content (AvgIpc) is 2.98. The minimum atomic E-state index is 0.284. The summed E-state index contributed by atoms with van der Waals surface area (Å²) in [7, 11) is 0. The molecule has 0 aliphatic carbocycles. The Morgan fingerprint density at radius 1 is 1.36 bits per heavy atom. The fraction of sp³-hybridized carbons (Fsp3) is 0.611. The third kappa shape index (κ3) is 5.62. The number of aryl methyl sites for hydroxylation is 1. The Morgan fingerprint density at radius 3 is 2.86 bits per heavy atom. The lowest BCUT2D eigenvalue weighted by Gasteiger charge is -2.16. The highest BCUT2D eigenvalue weighted by molar-refractivity contribution is 6.30. The molecule has 1 atom stereocenters. The molecule has 0 saturated carbocycles. The van der Waals surface area contributed by atoms with Crippen LogP contribution in [-0.2, 0) is 16.0 Å². The molecule has 1 aliphatic rings. The molecular weight excluding hydrogens is 298 g/mol. The van der Waals surface area contributed by atoms with Gasteiger partial charge in [0.25, 0.3) is 0 Å². The lowest BCUT2D eigenvalue weighted by molar-refractivity contribution is -0.130. The van der Waals surface area contributed by atoms with Crippen molar-refractivity contribution in [3.8, 4) is 0 Å². The fourth-order valence-corrected chi connectivity index (χ4v) is 2.97. The molecule has 1 saturated heterocycles. The first-order valence-electron chi connectivity index (χ1n) is 8.29. The highest BCUT2D eigenvalue weighted by atomic mass is 35.5. The SMILES string of the molecule is CCCOC[C@H]1CCN(C(=O)CCCc2ccc(Cl)cc2)C1. The Morgan fingerprint density at radius 2 is 2.14 bits per heavy atom. The van der Waals surface area contributed by atoms with Gasteiger partial charge in [-0.3, -0.25) is 4.79 Å². The number of carbonyl (C=O) groups excluding carboxylic acids is 1. The van der Waals surface area contributed by atoms with Gasteiger partial charge in [0.15, 0.2) is 0 Å². The first-order valence-corrected chi connectivity index (χ1v) is 8.66. The van der Waals surface area contributed by atoms with E-state index in [0.29, 0.717) is 12.3 Å². The Hall–Kier alpha value is -1.06. The second-order valence-electron chi connectivity index (χ2n) is 6.05. The standard InChI is InChI=1S/C18H26ClNO2/c1-2-12-22-14-16-10-11-20(13-16)18(21)5-3-4-15-6-8-17(19)9-7-15/h6-9,16H,2-5,10-14H2,1H3/t16-/m0/s1. The summed E-state index contributed by atoms with van der Waals surface area (Å²) in [5.41, 5.74) is 1.24. The quantitative estimate of drug-likeness (QED) is 0.678. The summed E-state index contributed by atoms with van der Waals surface area (Å²) in [6.07, 6.45) is 4.59. The molecule has 1 heterocycles. The summed E-state index contributed by atoms with van der Waals surface area (Å²) in [5, 5.41) is 0.758. The highest BCUT2D eigenvalue weighted by Gasteiger charge is 2.25. The van der Waals surface area contributed by atoms with E-state index in [1.807, 2.05) is 29.2 Å². The molecule has 1 aromatic carbocycles. The van der Waals surface area contributed by atoms with Gasteiger partial charge in [-0.1, -0.05) is 30.7 Å². The molecule has 0 N–H and O–H groups in total. The number of ether oxygens (including phenoxy) is 1. The zero-order valence-electron chi connectivity index (χ0n) is 13.4. The Labute approximate surface area is 138 Å². The molecule has 1 amide bonds. The number of hydrogen-bond acceptors (Lipinski definition) is 2. The topological polar surface area (TPSA) is 29.5 Å². The van der Waals surface area contributed by atoms with Gasteiger partial charge >= 0.3 is 0 Å². The summed E-state index contributed by atoms with van der Waals surface area (Å²) in [6, 6.07) is 7.87. The molecule has 2 rings (SSSR count). The van der Waals surface area contributed by atoms with E-state index < -0.39 is 0 Å². The van der Waals surface area contributed by atoms with Gasteiger partial charge < -0.3 is 9.64 Å². The Kier molecular flexibility index (Phi) is 7.20. The number of hydrogen-bond donors (Lipinski definition) is 0. The van der Waals surface area contributed by atoms with Crippen molar-refractivity contribution in [2.45, 2.75) is 39.0 Å². The molecular formula is C18H26ClNO2. The molecule has 0 aromatic heterocycles. The number of likely N-dealkylation sites (tertiary alicyclic amines) is 1. The van der Waals surface area contributed by atoms with Gasteiger partial charge in [0, 0.05) is 37.1 Å². The van der Waals surface area contributed by atoms with Gasteiger partial charge in [-0.15, -0.1) is 0 Å². The fourth-order valence-electron chi connectivity index (χ4n) is 2.84. The van der Waals surface area contributed by atoms with E-state index >= 15 is 0 Å². The van der Waals surface area contributed by atoms with Crippen LogP contribution < -0.4 is 0 Å². The van der Waals surface area contributed by atoms with Crippen LogP contribution in [0, 0.1) is 5.92 Å². The molecule has 0 unspecified atom stereocenters. The predicted molar refractivity (Wildman–Crippen MR) is 90.2 cm³/mol. The molecule has 1 aromatic rings. The third-order valence-corrected chi connectivity index (χ3v) is 4.36. The molecule has 1 aliphatic heterocycles. The summed E-state index contributed by atoms with van der Waals surface area (Å²) in [5.74, 6) is 0.804. The molecule has 3 nitrogen and oxygen atoms in total. The number of amides is 1. The summed E-state index contributed by atoms with van der Waals surface area (Å²) in [4.78, 5) is 14.2. The normalized spacial score (nSPS) is 17.9. The smallest absolute Gasteiger partial charge is 0.222 e. The van der Waals surface area contributed by atoms with E-state index in [2.05, 4.69) is 6.92 Å². The zero-order chi connectivity index (χ0) is 15.8. The number of benzene rings is 1. The van der Waals surface area contributed by atoms with Crippen molar-refractivity contribution in [3.63, 3.8) is 0 Å². The third-order valence-electron chi connectivity index (χ3n) is 4.11. The Balaban J connectivity index is 1.64. The lowest BCUT2D eigenvalue weighted by atomic mass is 10.1. The minimum Gasteiger partial charge on any atom is -0.381 e. The van der Waals surface area contributed by atoms with Gasteiger partial charge in [-0.25, -0.2) is 0 Å². The van der Waals surface area contributed by atoms with Crippen molar-refractivity contribution in [1.82, 2.24) is 4.90 Å². The first kappa shape index (κ1) is 17.3. The van der Waals surface area contributed by atoms with Crippen LogP contribution in [-0.4, -0.2) is 37.1 Å². The average molecular weight is 324 g/mol. The van der Waals surface area contributed by atoms with Crippen LogP contribution in [0.25, 0.3) is 0 Å². The largest absolute Gasteiger partial charge is 0.381 e. The first-order chi connectivity index (χ1) is 10.7. The van der Waals surface area contributed by atoms with E-state index in [0.717, 1.165) is 57.0 Å². The van der Waals surface area contributed by atoms with E-state index in [1.165, 1.54) is 5.56 Å². The number of nitrogens with zero attached hydrogens (tertiary/aromatic N) is 1. The van der Waals surface area contributed by atoms with Crippen molar-refractivity contribution in [2.75, 3.05) is 26.3 Å². The van der Waals surface area contributed by atoms with Crippen LogP contribution >= 0.6 is 11.6 Å². The molecule has 22 heavy (non-hydrogen) atoms. The van der Waals surface area contributed by atoms with Crippen LogP contribution in [0.15, 0.2) is 24.3 Å². The van der Waals surface area contributed by atoms with Crippen LogP contribution in [0.5, 0.6) is 0 Å². The van der Waals surface area contributed by atoms with Crippen LogP contribution in [0.1, 0.15) is 38.2 Å². The second kappa shape index (κ2) is 9.16. The van der Waals surface area contributed by atoms with Gasteiger partial charge in [-0.2, -0.15) is 0 Å². The van der Waals surface area contributed by atoms with E-state index in [1.54, 1.807) is 0 Å². The second-order valence-corrected chi connectivity index (χ2v) is 6.49. The van der Waals surface area contributed by atoms with Crippen molar-refractivity contribution < 1.29 is 9.53 Å². The van der Waals surface area contributed by atoms with E-state index in [-0.39, 0.29) is 5.91 Å².